The third-order valence-electron chi connectivity index (χ3n) is 0.454. The minimum absolute atomic E-state index is 0.395. The average molecular weight is 215 g/mol. The average Bonchev–Trinajstić information content (AvgIpc) is 1.59. The van der Waals surface area contributed by atoms with Crippen molar-refractivity contribution in [1.82, 2.24) is 0 Å². The Morgan fingerprint density at radius 3 is 2.33 bits per heavy atom. The molecule has 0 aliphatic rings. The molecule has 0 bridgehead atoms. The Morgan fingerprint density at radius 1 is 1.78 bits per heavy atom. The Labute approximate surface area is 60.1 Å². The van der Waals surface area contributed by atoms with Gasteiger partial charge in [0.15, 0.2) is 0 Å². The van der Waals surface area contributed by atoms with Crippen LogP contribution < -0.4 is 0 Å². The second-order valence-electron chi connectivity index (χ2n) is 1.65. The molecule has 0 rings (SSSR count). The molecule has 0 saturated heterocycles. The predicted molar refractivity (Wildman–Crippen MR) is 36.9 cm³/mol. The maximum absolute atomic E-state index is 10.1. The predicted octanol–water partition coefficient (Wildman–Crippen LogP) is 0.488. The summed E-state index contributed by atoms with van der Waals surface area (Å²) in [6.07, 6.45) is 0. The van der Waals surface area contributed by atoms with Crippen LogP contribution in [-0.2, 0) is 8.54 Å². The van der Waals surface area contributed by atoms with Crippen LogP contribution in [0.3, 0.4) is 0 Å². The van der Waals surface area contributed by atoms with Crippen LogP contribution in [0.15, 0.2) is 12.2 Å². The maximum atomic E-state index is 10.1. The zero-order valence-corrected chi connectivity index (χ0v) is 7.52. The Kier molecular flexibility index (Phi) is 3.43. The van der Waals surface area contributed by atoms with E-state index in [0.29, 0.717) is 5.32 Å². The van der Waals surface area contributed by atoms with Gasteiger partial charge in [0.25, 0.3) is 0 Å². The van der Waals surface area contributed by atoms with Crippen molar-refractivity contribution in [3.63, 3.8) is 0 Å². The van der Waals surface area contributed by atoms with Gasteiger partial charge in [0.1, 0.15) is 0 Å². The van der Waals surface area contributed by atoms with Gasteiger partial charge in [-0.1, -0.05) is 0 Å². The third-order valence-corrected chi connectivity index (χ3v) is 4.52. The van der Waals surface area contributed by atoms with E-state index in [9.17, 15) is 8.42 Å². The Bertz CT molecular complexity index is 194. The molecule has 0 amide bonds. The molecule has 9 heavy (non-hydrogen) atoms. The Balaban J connectivity index is 3.67. The normalized spacial score (nSPS) is 11.3. The molecule has 0 atom stereocenters. The van der Waals surface area contributed by atoms with E-state index in [1.165, 1.54) is 0 Å². The van der Waals surface area contributed by atoms with Crippen molar-refractivity contribution in [3.05, 3.63) is 12.2 Å². The molecular formula is C4H8O3SSe. The first-order chi connectivity index (χ1) is 3.92. The standard InChI is InChI=1S/C4H8O3SSe/c1-4(2)3-9-8(5,6)7/h1,3H2,2H3,(H,5,6,7). The molecule has 3 nitrogen and oxygen atoms in total. The summed E-state index contributed by atoms with van der Waals surface area (Å²) in [7, 11) is -3.72. The van der Waals surface area contributed by atoms with Gasteiger partial charge in [0.05, 0.1) is 0 Å². The van der Waals surface area contributed by atoms with Gasteiger partial charge in [0.2, 0.25) is 0 Å². The van der Waals surface area contributed by atoms with Crippen LogP contribution in [0.2, 0.25) is 5.32 Å². The van der Waals surface area contributed by atoms with Crippen LogP contribution >= 0.6 is 0 Å². The van der Waals surface area contributed by atoms with Crippen molar-refractivity contribution in [1.29, 1.82) is 0 Å². The van der Waals surface area contributed by atoms with E-state index in [2.05, 4.69) is 6.58 Å². The summed E-state index contributed by atoms with van der Waals surface area (Å²) in [6.45, 7) is 5.23. The van der Waals surface area contributed by atoms with Gasteiger partial charge in [-0.2, -0.15) is 0 Å². The second kappa shape index (κ2) is 3.37. The molecule has 0 aliphatic carbocycles. The summed E-state index contributed by atoms with van der Waals surface area (Å²) >= 11 is -0.737. The van der Waals surface area contributed by atoms with Crippen LogP contribution in [-0.4, -0.2) is 26.8 Å². The molecule has 0 aliphatic heterocycles. The van der Waals surface area contributed by atoms with Gasteiger partial charge >= 0.3 is 59.7 Å². The van der Waals surface area contributed by atoms with Gasteiger partial charge in [-0.15, -0.1) is 0 Å². The molecular weight excluding hydrogens is 207 g/mol. The summed E-state index contributed by atoms with van der Waals surface area (Å²) in [5.74, 6) is 0. The molecule has 5 heteroatoms. The molecule has 0 unspecified atom stereocenters. The fourth-order valence-corrected chi connectivity index (χ4v) is 2.73. The molecule has 0 aromatic rings. The second-order valence-corrected chi connectivity index (χ2v) is 7.48. The zero-order chi connectivity index (χ0) is 7.49. The third kappa shape index (κ3) is 8.17. The number of allylic oxidation sites excluding steroid dienone is 1. The first kappa shape index (κ1) is 9.17. The van der Waals surface area contributed by atoms with Crippen LogP contribution in [0.25, 0.3) is 0 Å². The molecule has 0 heterocycles. The van der Waals surface area contributed by atoms with Crippen LogP contribution in [0, 0.1) is 0 Å². The van der Waals surface area contributed by atoms with Gasteiger partial charge in [-0.05, 0) is 0 Å². The molecule has 0 fully saturated rings. The molecule has 0 radical (unpaired) electrons. The minimum atomic E-state index is -3.72. The monoisotopic (exact) mass is 216 g/mol. The van der Waals surface area contributed by atoms with Crippen LogP contribution in [0.1, 0.15) is 6.92 Å². The summed E-state index contributed by atoms with van der Waals surface area (Å²) in [5, 5.41) is 0.395. The van der Waals surface area contributed by atoms with Crippen molar-refractivity contribution < 1.29 is 13.0 Å². The molecule has 0 saturated carbocycles. The zero-order valence-electron chi connectivity index (χ0n) is 4.99. The number of rotatable bonds is 3. The Morgan fingerprint density at radius 2 is 2.22 bits per heavy atom. The molecule has 54 valence electrons. The molecule has 0 aromatic heterocycles. The van der Waals surface area contributed by atoms with Gasteiger partial charge in [-0.3, -0.25) is 0 Å². The van der Waals surface area contributed by atoms with Gasteiger partial charge in [0, 0.05) is 0 Å². The topological polar surface area (TPSA) is 54.4 Å². The Hall–Kier alpha value is 0.169. The fourth-order valence-electron chi connectivity index (χ4n) is 0.175. The first-order valence-electron chi connectivity index (χ1n) is 2.18. The van der Waals surface area contributed by atoms with E-state index in [-0.39, 0.29) is 0 Å². The number of hydrogen-bond acceptors (Lipinski definition) is 2. The summed E-state index contributed by atoms with van der Waals surface area (Å²) in [4.78, 5) is 0. The van der Waals surface area contributed by atoms with E-state index in [1.54, 1.807) is 6.92 Å². The number of hydrogen-bond donors (Lipinski definition) is 1. The SMILES string of the molecule is C=C(C)C[Se]S(=O)(=O)O. The molecule has 0 spiro atoms. The van der Waals surface area contributed by atoms with E-state index < -0.39 is 22.4 Å². The summed E-state index contributed by atoms with van der Waals surface area (Å²) in [5.41, 5.74) is 0.785. The van der Waals surface area contributed by atoms with Crippen molar-refractivity contribution in [2.75, 3.05) is 0 Å². The van der Waals surface area contributed by atoms with E-state index in [1.807, 2.05) is 0 Å². The van der Waals surface area contributed by atoms with Gasteiger partial charge in [-0.25, -0.2) is 0 Å². The van der Waals surface area contributed by atoms with E-state index in [4.69, 9.17) is 4.55 Å². The quantitative estimate of drug-likeness (QED) is 0.423. The van der Waals surface area contributed by atoms with Crippen LogP contribution in [0.5, 0.6) is 0 Å². The van der Waals surface area contributed by atoms with Crippen LogP contribution in [0.4, 0.5) is 0 Å². The molecule has 1 N–H and O–H groups in total. The van der Waals surface area contributed by atoms with E-state index in [0.717, 1.165) is 5.57 Å². The van der Waals surface area contributed by atoms with Crippen molar-refractivity contribution in [3.8, 4) is 0 Å². The van der Waals surface area contributed by atoms with Gasteiger partial charge < -0.3 is 0 Å². The fraction of sp³-hybridized carbons (Fsp3) is 0.500. The molecule has 0 aromatic carbocycles. The first-order valence-corrected chi connectivity index (χ1v) is 6.85. The van der Waals surface area contributed by atoms with Crippen molar-refractivity contribution >= 4 is 22.4 Å². The van der Waals surface area contributed by atoms with Crippen molar-refractivity contribution in [2.45, 2.75) is 12.2 Å². The summed E-state index contributed by atoms with van der Waals surface area (Å²) in [6, 6.07) is 0. The van der Waals surface area contributed by atoms with E-state index >= 15 is 0 Å². The van der Waals surface area contributed by atoms with Crippen molar-refractivity contribution in [2.24, 2.45) is 0 Å². The summed E-state index contributed by atoms with van der Waals surface area (Å²) < 4.78 is 28.4.